The average molecular weight is 263 g/mol. The van der Waals surface area contributed by atoms with E-state index in [0.717, 1.165) is 19.0 Å². The number of phenols is 1. The number of nitrogens with zero attached hydrogens (tertiary/aromatic N) is 1. The van der Waals surface area contributed by atoms with E-state index in [0.29, 0.717) is 18.4 Å². The van der Waals surface area contributed by atoms with Crippen molar-refractivity contribution in [2.75, 3.05) is 13.2 Å². The first kappa shape index (κ1) is 14.2. The lowest BCUT2D eigenvalue weighted by atomic mass is 9.93. The first-order chi connectivity index (χ1) is 9.10. The Balaban J connectivity index is 2.04. The van der Waals surface area contributed by atoms with Crippen molar-refractivity contribution in [2.45, 2.75) is 46.2 Å². The van der Waals surface area contributed by atoms with Gasteiger partial charge >= 0.3 is 0 Å². The molecular formula is C16H25NO2. The summed E-state index contributed by atoms with van der Waals surface area (Å²) in [6.45, 7) is 9.25. The zero-order valence-electron chi connectivity index (χ0n) is 12.2. The van der Waals surface area contributed by atoms with Gasteiger partial charge < -0.3 is 9.84 Å². The Hall–Kier alpha value is -1.22. The van der Waals surface area contributed by atoms with Crippen molar-refractivity contribution in [3.8, 4) is 11.5 Å². The third-order valence-corrected chi connectivity index (χ3v) is 3.99. The highest BCUT2D eigenvalue weighted by Crippen LogP contribution is 2.29. The first-order valence-corrected chi connectivity index (χ1v) is 7.29. The summed E-state index contributed by atoms with van der Waals surface area (Å²) in [5, 5.41) is 9.72. The highest BCUT2D eigenvalue weighted by atomic mass is 16.5. The van der Waals surface area contributed by atoms with Gasteiger partial charge in [-0.3, -0.25) is 4.90 Å². The Bertz CT molecular complexity index is 419. The van der Waals surface area contributed by atoms with E-state index in [4.69, 9.17) is 4.74 Å². The zero-order chi connectivity index (χ0) is 13.8. The number of piperidine rings is 1. The van der Waals surface area contributed by atoms with Gasteiger partial charge in [-0.1, -0.05) is 13.0 Å². The fourth-order valence-electron chi connectivity index (χ4n) is 2.85. The molecule has 0 aromatic heterocycles. The SMILES string of the molecule is CCOc1cc(CN2CCC(C)CC2C)ccc1O. The molecule has 19 heavy (non-hydrogen) atoms. The van der Waals surface area contributed by atoms with Crippen molar-refractivity contribution < 1.29 is 9.84 Å². The quantitative estimate of drug-likeness (QED) is 0.903. The van der Waals surface area contributed by atoms with Crippen molar-refractivity contribution in [2.24, 2.45) is 5.92 Å². The maximum Gasteiger partial charge on any atom is 0.161 e. The number of hydrogen-bond acceptors (Lipinski definition) is 3. The molecule has 1 aromatic rings. The predicted molar refractivity (Wildman–Crippen MR) is 77.5 cm³/mol. The van der Waals surface area contributed by atoms with Crippen LogP contribution in [0.3, 0.4) is 0 Å². The molecule has 1 fully saturated rings. The van der Waals surface area contributed by atoms with Gasteiger partial charge in [0.05, 0.1) is 6.61 Å². The molecule has 0 radical (unpaired) electrons. The maximum atomic E-state index is 9.72. The summed E-state index contributed by atoms with van der Waals surface area (Å²) >= 11 is 0. The molecule has 2 atom stereocenters. The van der Waals surface area contributed by atoms with Crippen LogP contribution in [0.5, 0.6) is 11.5 Å². The average Bonchev–Trinajstić information content (AvgIpc) is 2.37. The number of benzene rings is 1. The van der Waals surface area contributed by atoms with Gasteiger partial charge in [-0.25, -0.2) is 0 Å². The van der Waals surface area contributed by atoms with Gasteiger partial charge in [-0.05, 0) is 56.8 Å². The summed E-state index contributed by atoms with van der Waals surface area (Å²) in [6.07, 6.45) is 2.55. The Morgan fingerprint density at radius 2 is 2.16 bits per heavy atom. The normalized spacial score (nSPS) is 24.4. The smallest absolute Gasteiger partial charge is 0.161 e. The summed E-state index contributed by atoms with van der Waals surface area (Å²) < 4.78 is 5.44. The van der Waals surface area contributed by atoms with Gasteiger partial charge in [0, 0.05) is 12.6 Å². The van der Waals surface area contributed by atoms with Crippen LogP contribution in [0.2, 0.25) is 0 Å². The molecule has 1 aliphatic heterocycles. The Labute approximate surface area is 116 Å². The molecule has 0 saturated carbocycles. The van der Waals surface area contributed by atoms with Crippen molar-refractivity contribution in [3.05, 3.63) is 23.8 Å². The largest absolute Gasteiger partial charge is 0.504 e. The molecule has 0 spiro atoms. The summed E-state index contributed by atoms with van der Waals surface area (Å²) in [5.74, 6) is 1.66. The van der Waals surface area contributed by atoms with E-state index in [2.05, 4.69) is 18.7 Å². The lowest BCUT2D eigenvalue weighted by molar-refractivity contribution is 0.122. The molecule has 3 heteroatoms. The number of hydrogen-bond donors (Lipinski definition) is 1. The molecule has 0 amide bonds. The van der Waals surface area contributed by atoms with E-state index in [1.54, 1.807) is 6.07 Å². The lowest BCUT2D eigenvalue weighted by Crippen LogP contribution is -2.39. The zero-order valence-corrected chi connectivity index (χ0v) is 12.2. The maximum absolute atomic E-state index is 9.72. The monoisotopic (exact) mass is 263 g/mol. The van der Waals surface area contributed by atoms with Crippen molar-refractivity contribution in [1.82, 2.24) is 4.90 Å². The molecule has 1 heterocycles. The minimum absolute atomic E-state index is 0.228. The molecule has 3 nitrogen and oxygen atoms in total. The number of rotatable bonds is 4. The first-order valence-electron chi connectivity index (χ1n) is 7.29. The topological polar surface area (TPSA) is 32.7 Å². The van der Waals surface area contributed by atoms with Crippen molar-refractivity contribution >= 4 is 0 Å². The second kappa shape index (κ2) is 6.29. The van der Waals surface area contributed by atoms with Gasteiger partial charge in [-0.2, -0.15) is 0 Å². The minimum Gasteiger partial charge on any atom is -0.504 e. The Morgan fingerprint density at radius 1 is 1.37 bits per heavy atom. The number of likely N-dealkylation sites (tertiary alicyclic amines) is 1. The van der Waals surface area contributed by atoms with E-state index in [-0.39, 0.29) is 5.75 Å². The van der Waals surface area contributed by atoms with Crippen molar-refractivity contribution in [3.63, 3.8) is 0 Å². The molecule has 2 unspecified atom stereocenters. The van der Waals surface area contributed by atoms with Crippen LogP contribution < -0.4 is 4.74 Å². The fourth-order valence-corrected chi connectivity index (χ4v) is 2.85. The van der Waals surface area contributed by atoms with Gasteiger partial charge in [0.1, 0.15) is 0 Å². The summed E-state index contributed by atoms with van der Waals surface area (Å²) in [4.78, 5) is 2.52. The molecule has 1 N–H and O–H groups in total. The lowest BCUT2D eigenvalue weighted by Gasteiger charge is -2.36. The molecule has 0 aliphatic carbocycles. The molecule has 2 rings (SSSR count). The van der Waals surface area contributed by atoms with E-state index in [1.165, 1.54) is 18.4 Å². The third kappa shape index (κ3) is 3.63. The number of aromatic hydroxyl groups is 1. The second-order valence-electron chi connectivity index (χ2n) is 5.68. The standard InChI is InChI=1S/C16H25NO2/c1-4-19-16-10-14(5-6-15(16)18)11-17-8-7-12(2)9-13(17)3/h5-6,10,12-13,18H,4,7-9,11H2,1-3H3. The fraction of sp³-hybridized carbons (Fsp3) is 0.625. The van der Waals surface area contributed by atoms with Gasteiger partial charge in [-0.15, -0.1) is 0 Å². The van der Waals surface area contributed by atoms with Crippen LogP contribution in [0, 0.1) is 5.92 Å². The van der Waals surface area contributed by atoms with Crippen LogP contribution in [0.4, 0.5) is 0 Å². The molecule has 0 bridgehead atoms. The minimum atomic E-state index is 0.228. The van der Waals surface area contributed by atoms with Crippen LogP contribution in [0.15, 0.2) is 18.2 Å². The highest BCUT2D eigenvalue weighted by Gasteiger charge is 2.22. The number of ether oxygens (including phenoxy) is 1. The number of phenolic OH excluding ortho intramolecular Hbond substituents is 1. The van der Waals surface area contributed by atoms with Crippen LogP contribution in [-0.2, 0) is 6.54 Å². The Kier molecular flexibility index (Phi) is 4.70. The molecule has 1 aliphatic rings. The van der Waals surface area contributed by atoms with E-state index in [1.807, 2.05) is 19.1 Å². The third-order valence-electron chi connectivity index (χ3n) is 3.99. The van der Waals surface area contributed by atoms with E-state index < -0.39 is 0 Å². The summed E-state index contributed by atoms with van der Waals surface area (Å²) in [5.41, 5.74) is 1.21. The van der Waals surface area contributed by atoms with E-state index in [9.17, 15) is 5.11 Å². The predicted octanol–water partition coefficient (Wildman–Crippen LogP) is 3.41. The van der Waals surface area contributed by atoms with Crippen LogP contribution >= 0.6 is 0 Å². The van der Waals surface area contributed by atoms with Gasteiger partial charge in [0.15, 0.2) is 11.5 Å². The van der Waals surface area contributed by atoms with Crippen LogP contribution in [0.1, 0.15) is 39.2 Å². The van der Waals surface area contributed by atoms with Gasteiger partial charge in [0.25, 0.3) is 0 Å². The van der Waals surface area contributed by atoms with E-state index >= 15 is 0 Å². The molecular weight excluding hydrogens is 238 g/mol. The Morgan fingerprint density at radius 3 is 2.84 bits per heavy atom. The van der Waals surface area contributed by atoms with Crippen LogP contribution in [0.25, 0.3) is 0 Å². The summed E-state index contributed by atoms with van der Waals surface area (Å²) in [6, 6.07) is 6.32. The molecule has 1 aromatic carbocycles. The van der Waals surface area contributed by atoms with Gasteiger partial charge in [0.2, 0.25) is 0 Å². The summed E-state index contributed by atoms with van der Waals surface area (Å²) in [7, 11) is 0. The highest BCUT2D eigenvalue weighted by molar-refractivity contribution is 5.41. The second-order valence-corrected chi connectivity index (χ2v) is 5.68. The van der Waals surface area contributed by atoms with Crippen molar-refractivity contribution in [1.29, 1.82) is 0 Å². The van der Waals surface area contributed by atoms with Crippen LogP contribution in [-0.4, -0.2) is 29.2 Å². The molecule has 1 saturated heterocycles. The molecule has 106 valence electrons.